The molecule has 0 aliphatic heterocycles. The molecule has 3 atom stereocenters. The highest BCUT2D eigenvalue weighted by Crippen LogP contribution is 2.41. The Labute approximate surface area is 108 Å². The number of nitrogens with zero attached hydrogens (tertiary/aromatic N) is 2. The molecule has 0 radical (unpaired) electrons. The summed E-state index contributed by atoms with van der Waals surface area (Å²) in [5.41, 5.74) is 8.93. The Kier molecular flexibility index (Phi) is 2.75. The van der Waals surface area contributed by atoms with Crippen molar-refractivity contribution < 1.29 is 5.11 Å². The van der Waals surface area contributed by atoms with E-state index in [1.807, 2.05) is 6.20 Å². The molecular weight excluding hydrogens is 226 g/mol. The van der Waals surface area contributed by atoms with Gasteiger partial charge in [0.05, 0.1) is 18.3 Å². The zero-order valence-electron chi connectivity index (χ0n) is 11.3. The summed E-state index contributed by atoms with van der Waals surface area (Å²) in [6.07, 6.45) is 6.73. The van der Waals surface area contributed by atoms with Crippen LogP contribution in [0.15, 0.2) is 6.20 Å². The van der Waals surface area contributed by atoms with Crippen LogP contribution in [0.3, 0.4) is 0 Å². The molecule has 0 spiro atoms. The fourth-order valence-electron chi connectivity index (χ4n) is 3.62. The van der Waals surface area contributed by atoms with E-state index < -0.39 is 0 Å². The maximum absolute atomic E-state index is 10.1. The molecule has 18 heavy (non-hydrogen) atoms. The fourth-order valence-corrected chi connectivity index (χ4v) is 3.62. The van der Waals surface area contributed by atoms with E-state index in [1.165, 1.54) is 11.3 Å². The number of nitrogens with two attached hydrogens (primary N) is 1. The minimum Gasteiger partial charge on any atom is -0.391 e. The molecule has 0 amide bonds. The number of aliphatic hydroxyl groups excluding tert-OH is 1. The van der Waals surface area contributed by atoms with Crippen molar-refractivity contribution >= 4 is 0 Å². The molecule has 2 aliphatic rings. The first-order chi connectivity index (χ1) is 8.48. The third-order valence-corrected chi connectivity index (χ3v) is 4.51. The summed E-state index contributed by atoms with van der Waals surface area (Å²) in [7, 11) is 0. The van der Waals surface area contributed by atoms with Crippen molar-refractivity contribution in [2.75, 3.05) is 0 Å². The van der Waals surface area contributed by atoms with Crippen molar-refractivity contribution in [1.82, 2.24) is 9.78 Å². The molecule has 3 rings (SSSR count). The van der Waals surface area contributed by atoms with Gasteiger partial charge in [0.2, 0.25) is 0 Å². The quantitative estimate of drug-likeness (QED) is 0.799. The van der Waals surface area contributed by atoms with Gasteiger partial charge in [-0.1, -0.05) is 13.8 Å². The van der Waals surface area contributed by atoms with Crippen LogP contribution in [0.5, 0.6) is 0 Å². The van der Waals surface area contributed by atoms with Crippen LogP contribution in [0.4, 0.5) is 0 Å². The van der Waals surface area contributed by atoms with Crippen LogP contribution in [0.2, 0.25) is 0 Å². The van der Waals surface area contributed by atoms with E-state index in [0.29, 0.717) is 0 Å². The molecule has 1 aromatic rings. The van der Waals surface area contributed by atoms with Crippen molar-refractivity contribution in [3.05, 3.63) is 17.5 Å². The largest absolute Gasteiger partial charge is 0.391 e. The third-order valence-electron chi connectivity index (χ3n) is 4.51. The summed E-state index contributed by atoms with van der Waals surface area (Å²) >= 11 is 0. The van der Waals surface area contributed by atoms with Crippen molar-refractivity contribution in [2.45, 2.75) is 64.1 Å². The molecule has 1 heterocycles. The molecule has 0 saturated heterocycles. The lowest BCUT2D eigenvalue weighted by atomic mass is 9.74. The van der Waals surface area contributed by atoms with Gasteiger partial charge >= 0.3 is 0 Å². The molecule has 4 nitrogen and oxygen atoms in total. The Hall–Kier alpha value is -0.870. The first-order valence-electron chi connectivity index (χ1n) is 6.98. The molecule has 3 N–H and O–H groups in total. The van der Waals surface area contributed by atoms with Crippen LogP contribution in [0.25, 0.3) is 0 Å². The molecule has 1 saturated carbocycles. The Morgan fingerprint density at radius 2 is 2.22 bits per heavy atom. The van der Waals surface area contributed by atoms with Crippen molar-refractivity contribution in [3.8, 4) is 0 Å². The van der Waals surface area contributed by atoms with Gasteiger partial charge in [-0.25, -0.2) is 0 Å². The number of fused-ring (bicyclic) bond motifs is 1. The first-order valence-corrected chi connectivity index (χ1v) is 6.98. The second-order valence-corrected chi connectivity index (χ2v) is 6.71. The minimum absolute atomic E-state index is 0.0936. The minimum atomic E-state index is -0.240. The lowest BCUT2D eigenvalue weighted by Gasteiger charge is -2.34. The number of hydrogen-bond acceptors (Lipinski definition) is 3. The summed E-state index contributed by atoms with van der Waals surface area (Å²) in [6.45, 7) is 4.52. The normalized spacial score (nSPS) is 34.6. The summed E-state index contributed by atoms with van der Waals surface area (Å²) in [5, 5.41) is 14.6. The van der Waals surface area contributed by atoms with Crippen LogP contribution in [0, 0.1) is 5.41 Å². The fraction of sp³-hybridized carbons (Fsp3) is 0.786. The first kappa shape index (κ1) is 12.2. The Morgan fingerprint density at radius 3 is 2.89 bits per heavy atom. The maximum Gasteiger partial charge on any atom is 0.0781 e. The maximum atomic E-state index is 10.1. The smallest absolute Gasteiger partial charge is 0.0781 e. The number of hydrogen-bond donors (Lipinski definition) is 2. The average Bonchev–Trinajstić information content (AvgIpc) is 2.82. The van der Waals surface area contributed by atoms with Gasteiger partial charge in [0.15, 0.2) is 0 Å². The number of aliphatic hydroxyl groups is 1. The van der Waals surface area contributed by atoms with Gasteiger partial charge in [0, 0.05) is 17.3 Å². The van der Waals surface area contributed by atoms with E-state index in [0.717, 1.165) is 32.1 Å². The Balaban J connectivity index is 1.99. The van der Waals surface area contributed by atoms with Crippen molar-refractivity contribution in [3.63, 3.8) is 0 Å². The van der Waals surface area contributed by atoms with Crippen LogP contribution in [-0.4, -0.2) is 21.0 Å². The van der Waals surface area contributed by atoms with Gasteiger partial charge in [-0.3, -0.25) is 4.68 Å². The van der Waals surface area contributed by atoms with Crippen LogP contribution >= 0.6 is 0 Å². The molecule has 0 aromatic carbocycles. The summed E-state index contributed by atoms with van der Waals surface area (Å²) in [5.74, 6) is 0. The van der Waals surface area contributed by atoms with Crippen LogP contribution < -0.4 is 5.73 Å². The van der Waals surface area contributed by atoms with Gasteiger partial charge in [-0.05, 0) is 37.5 Å². The van der Waals surface area contributed by atoms with E-state index in [2.05, 4.69) is 23.6 Å². The lowest BCUT2D eigenvalue weighted by molar-refractivity contribution is 0.126. The zero-order chi connectivity index (χ0) is 12.9. The molecule has 1 fully saturated rings. The van der Waals surface area contributed by atoms with Crippen molar-refractivity contribution in [2.24, 2.45) is 11.1 Å². The second-order valence-electron chi connectivity index (χ2n) is 6.71. The molecule has 0 bridgehead atoms. The van der Waals surface area contributed by atoms with Gasteiger partial charge in [-0.15, -0.1) is 0 Å². The SMILES string of the molecule is CC1(C)Cc2c(cnn2C2CCCC2O)C(N)C1. The Morgan fingerprint density at radius 1 is 1.44 bits per heavy atom. The standard InChI is InChI=1S/C14H23N3O/c1-14(2)6-10(15)9-8-16-17(12(9)7-14)11-4-3-5-13(11)18/h8,10-11,13,18H,3-7,15H2,1-2H3. The summed E-state index contributed by atoms with van der Waals surface area (Å²) < 4.78 is 2.06. The van der Waals surface area contributed by atoms with Gasteiger partial charge < -0.3 is 10.8 Å². The van der Waals surface area contributed by atoms with E-state index in [4.69, 9.17) is 5.73 Å². The Bertz CT molecular complexity index is 452. The molecule has 100 valence electrons. The predicted molar refractivity (Wildman–Crippen MR) is 70.2 cm³/mol. The third kappa shape index (κ3) is 1.88. The van der Waals surface area contributed by atoms with Gasteiger partial charge in [-0.2, -0.15) is 5.10 Å². The summed E-state index contributed by atoms with van der Waals surface area (Å²) in [4.78, 5) is 0. The van der Waals surface area contributed by atoms with Crippen LogP contribution in [-0.2, 0) is 6.42 Å². The molecular formula is C14H23N3O. The van der Waals surface area contributed by atoms with Gasteiger partial charge in [0.25, 0.3) is 0 Å². The van der Waals surface area contributed by atoms with E-state index in [9.17, 15) is 5.11 Å². The topological polar surface area (TPSA) is 64.1 Å². The second kappa shape index (κ2) is 4.07. The highest BCUT2D eigenvalue weighted by Gasteiger charge is 2.36. The highest BCUT2D eigenvalue weighted by atomic mass is 16.3. The summed E-state index contributed by atoms with van der Waals surface area (Å²) in [6, 6.07) is 0.255. The number of rotatable bonds is 1. The average molecular weight is 249 g/mol. The molecule has 2 aliphatic carbocycles. The molecule has 4 heteroatoms. The van der Waals surface area contributed by atoms with Crippen molar-refractivity contribution in [1.29, 1.82) is 0 Å². The lowest BCUT2D eigenvalue weighted by Crippen LogP contribution is -2.32. The molecule has 3 unspecified atom stereocenters. The van der Waals surface area contributed by atoms with Crippen LogP contribution in [0.1, 0.15) is 62.9 Å². The predicted octanol–water partition coefficient (Wildman–Crippen LogP) is 1.94. The van der Waals surface area contributed by atoms with E-state index in [-0.39, 0.29) is 23.6 Å². The van der Waals surface area contributed by atoms with E-state index in [1.54, 1.807) is 0 Å². The monoisotopic (exact) mass is 249 g/mol. The number of aromatic nitrogens is 2. The van der Waals surface area contributed by atoms with E-state index >= 15 is 0 Å². The zero-order valence-corrected chi connectivity index (χ0v) is 11.3. The van der Waals surface area contributed by atoms with Gasteiger partial charge in [0.1, 0.15) is 0 Å². The molecule has 1 aromatic heterocycles. The highest BCUT2D eigenvalue weighted by molar-refractivity contribution is 5.27.